The SMILES string of the molecule is CCCOCCOCCNCC1CC1. The molecule has 0 bridgehead atoms. The summed E-state index contributed by atoms with van der Waals surface area (Å²) in [5.41, 5.74) is 0. The number of nitrogens with one attached hydrogen (secondary N) is 1. The lowest BCUT2D eigenvalue weighted by molar-refractivity contribution is 0.0491. The molecule has 0 aromatic carbocycles. The van der Waals surface area contributed by atoms with Gasteiger partial charge in [0.25, 0.3) is 0 Å². The summed E-state index contributed by atoms with van der Waals surface area (Å²) in [7, 11) is 0. The fourth-order valence-electron chi connectivity index (χ4n) is 1.24. The Bertz CT molecular complexity index is 126. The molecule has 3 nitrogen and oxygen atoms in total. The van der Waals surface area contributed by atoms with Gasteiger partial charge in [0.05, 0.1) is 19.8 Å². The van der Waals surface area contributed by atoms with E-state index in [1.54, 1.807) is 0 Å². The molecule has 0 heterocycles. The Hall–Kier alpha value is -0.120. The maximum Gasteiger partial charge on any atom is 0.0701 e. The minimum absolute atomic E-state index is 0.727. The first kappa shape index (κ1) is 12.0. The molecule has 14 heavy (non-hydrogen) atoms. The molecular weight excluding hydrogens is 178 g/mol. The Kier molecular flexibility index (Phi) is 7.01. The lowest BCUT2D eigenvalue weighted by Crippen LogP contribution is -2.22. The first-order valence-corrected chi connectivity index (χ1v) is 5.79. The summed E-state index contributed by atoms with van der Waals surface area (Å²) in [6, 6.07) is 0. The van der Waals surface area contributed by atoms with Crippen molar-refractivity contribution in [1.29, 1.82) is 0 Å². The zero-order valence-electron chi connectivity index (χ0n) is 9.26. The second-order valence-corrected chi connectivity index (χ2v) is 3.87. The monoisotopic (exact) mass is 201 g/mol. The summed E-state index contributed by atoms with van der Waals surface area (Å²) >= 11 is 0. The lowest BCUT2D eigenvalue weighted by atomic mass is 10.4. The third-order valence-electron chi connectivity index (χ3n) is 2.27. The van der Waals surface area contributed by atoms with Gasteiger partial charge in [-0.1, -0.05) is 6.92 Å². The van der Waals surface area contributed by atoms with Crippen molar-refractivity contribution in [3.05, 3.63) is 0 Å². The van der Waals surface area contributed by atoms with Crippen molar-refractivity contribution in [3.8, 4) is 0 Å². The molecule has 1 saturated carbocycles. The molecule has 84 valence electrons. The Labute approximate surface area is 87.2 Å². The van der Waals surface area contributed by atoms with Crippen LogP contribution in [0.5, 0.6) is 0 Å². The fourth-order valence-corrected chi connectivity index (χ4v) is 1.24. The maximum atomic E-state index is 5.39. The van der Waals surface area contributed by atoms with E-state index < -0.39 is 0 Å². The van der Waals surface area contributed by atoms with E-state index in [-0.39, 0.29) is 0 Å². The molecule has 1 aliphatic carbocycles. The predicted octanol–water partition coefficient (Wildman–Crippen LogP) is 1.43. The second kappa shape index (κ2) is 8.21. The molecule has 0 saturated heterocycles. The number of rotatable bonds is 10. The van der Waals surface area contributed by atoms with Crippen molar-refractivity contribution in [3.63, 3.8) is 0 Å². The smallest absolute Gasteiger partial charge is 0.0701 e. The van der Waals surface area contributed by atoms with Gasteiger partial charge >= 0.3 is 0 Å². The van der Waals surface area contributed by atoms with Crippen LogP contribution in [0.3, 0.4) is 0 Å². The molecule has 1 rings (SSSR count). The Morgan fingerprint density at radius 3 is 2.43 bits per heavy atom. The first-order chi connectivity index (χ1) is 6.93. The van der Waals surface area contributed by atoms with Crippen LogP contribution in [0.2, 0.25) is 0 Å². The van der Waals surface area contributed by atoms with E-state index in [0.29, 0.717) is 0 Å². The van der Waals surface area contributed by atoms with Gasteiger partial charge < -0.3 is 14.8 Å². The molecule has 1 fully saturated rings. The van der Waals surface area contributed by atoms with E-state index in [9.17, 15) is 0 Å². The largest absolute Gasteiger partial charge is 0.379 e. The molecular formula is C11H23NO2. The highest BCUT2D eigenvalue weighted by Gasteiger charge is 2.19. The number of hydrogen-bond acceptors (Lipinski definition) is 3. The molecule has 0 aliphatic heterocycles. The van der Waals surface area contributed by atoms with Gasteiger partial charge in [-0.25, -0.2) is 0 Å². The van der Waals surface area contributed by atoms with Crippen LogP contribution in [0.4, 0.5) is 0 Å². The van der Waals surface area contributed by atoms with Crippen LogP contribution in [-0.2, 0) is 9.47 Å². The van der Waals surface area contributed by atoms with Gasteiger partial charge in [-0.05, 0) is 31.7 Å². The Morgan fingerprint density at radius 2 is 1.79 bits per heavy atom. The van der Waals surface area contributed by atoms with Gasteiger partial charge in [-0.2, -0.15) is 0 Å². The van der Waals surface area contributed by atoms with Crippen molar-refractivity contribution in [1.82, 2.24) is 5.32 Å². The van der Waals surface area contributed by atoms with Crippen LogP contribution >= 0.6 is 0 Å². The van der Waals surface area contributed by atoms with Crippen molar-refractivity contribution in [2.75, 3.05) is 39.5 Å². The standard InChI is InChI=1S/C11H23NO2/c1-2-6-13-8-9-14-7-5-12-10-11-3-4-11/h11-12H,2-10H2,1H3. The highest BCUT2D eigenvalue weighted by Crippen LogP contribution is 2.27. The third-order valence-corrected chi connectivity index (χ3v) is 2.27. The zero-order valence-corrected chi connectivity index (χ0v) is 9.26. The topological polar surface area (TPSA) is 30.5 Å². The molecule has 1 aliphatic rings. The van der Waals surface area contributed by atoms with Crippen LogP contribution in [0.1, 0.15) is 26.2 Å². The third kappa shape index (κ3) is 7.30. The first-order valence-electron chi connectivity index (χ1n) is 5.79. The Morgan fingerprint density at radius 1 is 1.07 bits per heavy atom. The molecule has 0 unspecified atom stereocenters. The number of hydrogen-bond donors (Lipinski definition) is 1. The quantitative estimate of drug-likeness (QED) is 0.542. The molecule has 1 N–H and O–H groups in total. The van der Waals surface area contributed by atoms with Gasteiger partial charge in [0.15, 0.2) is 0 Å². The highest BCUT2D eigenvalue weighted by molar-refractivity contribution is 4.74. The lowest BCUT2D eigenvalue weighted by Gasteiger charge is -2.05. The molecule has 0 atom stereocenters. The fraction of sp³-hybridized carbons (Fsp3) is 1.00. The van der Waals surface area contributed by atoms with Gasteiger partial charge in [-0.15, -0.1) is 0 Å². The van der Waals surface area contributed by atoms with Crippen LogP contribution < -0.4 is 5.32 Å². The summed E-state index contributed by atoms with van der Waals surface area (Å²) in [5, 5.41) is 3.38. The van der Waals surface area contributed by atoms with Crippen LogP contribution in [0.15, 0.2) is 0 Å². The van der Waals surface area contributed by atoms with Crippen molar-refractivity contribution < 1.29 is 9.47 Å². The average Bonchev–Trinajstić information content (AvgIpc) is 2.99. The van der Waals surface area contributed by atoms with Gasteiger partial charge in [0.1, 0.15) is 0 Å². The zero-order chi connectivity index (χ0) is 10.1. The van der Waals surface area contributed by atoms with Gasteiger partial charge in [0, 0.05) is 13.2 Å². The second-order valence-electron chi connectivity index (χ2n) is 3.87. The van der Waals surface area contributed by atoms with E-state index in [1.165, 1.54) is 19.4 Å². The van der Waals surface area contributed by atoms with E-state index in [4.69, 9.17) is 9.47 Å². The summed E-state index contributed by atoms with van der Waals surface area (Å²) in [4.78, 5) is 0. The van der Waals surface area contributed by atoms with Crippen LogP contribution in [0.25, 0.3) is 0 Å². The molecule has 0 radical (unpaired) electrons. The number of ether oxygens (including phenoxy) is 2. The molecule has 3 heteroatoms. The molecule has 0 aromatic rings. The highest BCUT2D eigenvalue weighted by atomic mass is 16.5. The maximum absolute atomic E-state index is 5.39. The molecule has 0 amide bonds. The van der Waals surface area contributed by atoms with Gasteiger partial charge in [-0.3, -0.25) is 0 Å². The van der Waals surface area contributed by atoms with Crippen molar-refractivity contribution in [2.24, 2.45) is 5.92 Å². The minimum Gasteiger partial charge on any atom is -0.379 e. The van der Waals surface area contributed by atoms with E-state index in [0.717, 1.165) is 45.3 Å². The van der Waals surface area contributed by atoms with Crippen LogP contribution in [-0.4, -0.2) is 39.5 Å². The summed E-state index contributed by atoms with van der Waals surface area (Å²) in [6.45, 7) is 7.38. The average molecular weight is 201 g/mol. The van der Waals surface area contributed by atoms with Crippen LogP contribution in [0, 0.1) is 5.92 Å². The normalized spacial score (nSPS) is 16.1. The predicted molar refractivity (Wildman–Crippen MR) is 57.5 cm³/mol. The van der Waals surface area contributed by atoms with Gasteiger partial charge in [0.2, 0.25) is 0 Å². The summed E-state index contributed by atoms with van der Waals surface area (Å²) < 4.78 is 10.7. The molecule has 0 spiro atoms. The molecule has 0 aromatic heterocycles. The van der Waals surface area contributed by atoms with E-state index >= 15 is 0 Å². The van der Waals surface area contributed by atoms with Crippen molar-refractivity contribution >= 4 is 0 Å². The minimum atomic E-state index is 0.727. The van der Waals surface area contributed by atoms with Crippen molar-refractivity contribution in [2.45, 2.75) is 26.2 Å². The van der Waals surface area contributed by atoms with E-state index in [1.807, 2.05) is 0 Å². The summed E-state index contributed by atoms with van der Waals surface area (Å²) in [6.07, 6.45) is 3.92. The van der Waals surface area contributed by atoms with E-state index in [2.05, 4.69) is 12.2 Å². The Balaban J connectivity index is 1.63. The summed E-state index contributed by atoms with van der Waals surface area (Å²) in [5.74, 6) is 0.961.